The lowest BCUT2D eigenvalue weighted by Crippen LogP contribution is -2.45. The van der Waals surface area contributed by atoms with Gasteiger partial charge in [-0.05, 0) is 57.8 Å². The van der Waals surface area contributed by atoms with Gasteiger partial charge in [-0.2, -0.15) is 0 Å². The number of amides is 1. The van der Waals surface area contributed by atoms with Crippen LogP contribution in [0.5, 0.6) is 0 Å². The van der Waals surface area contributed by atoms with Gasteiger partial charge in [0.1, 0.15) is 0 Å². The summed E-state index contributed by atoms with van der Waals surface area (Å²) in [5.74, 6) is -0.0258. The zero-order valence-corrected chi connectivity index (χ0v) is 46.6. The first kappa shape index (κ1) is 67.3. The van der Waals surface area contributed by atoms with Crippen molar-refractivity contribution < 1.29 is 24.5 Å². The summed E-state index contributed by atoms with van der Waals surface area (Å²) >= 11 is 0. The Kier molecular flexibility index (Phi) is 57.5. The minimum atomic E-state index is -0.662. The number of rotatable bonds is 58. The van der Waals surface area contributed by atoms with E-state index >= 15 is 0 Å². The normalized spacial score (nSPS) is 12.7. The quantitative estimate of drug-likeness (QED) is 0.0321. The highest BCUT2D eigenvalue weighted by molar-refractivity contribution is 5.76. The molecule has 1 amide bonds. The molecular weight excluding hydrogens is 851 g/mol. The zero-order valence-electron chi connectivity index (χ0n) is 46.6. The summed E-state index contributed by atoms with van der Waals surface area (Å²) in [4.78, 5) is 24.5. The number of carbonyl (C=O) groups is 2. The van der Waals surface area contributed by atoms with E-state index in [-0.39, 0.29) is 18.5 Å². The maximum Gasteiger partial charge on any atom is 0.305 e. The van der Waals surface area contributed by atoms with Crippen LogP contribution in [-0.2, 0) is 14.3 Å². The first-order valence-corrected chi connectivity index (χ1v) is 31.1. The fourth-order valence-corrected chi connectivity index (χ4v) is 9.73. The van der Waals surface area contributed by atoms with Crippen molar-refractivity contribution in [3.8, 4) is 0 Å². The molecule has 0 radical (unpaired) electrons. The van der Waals surface area contributed by atoms with Crippen molar-refractivity contribution in [1.82, 2.24) is 5.32 Å². The molecule has 0 aromatic carbocycles. The molecule has 408 valence electrons. The van der Waals surface area contributed by atoms with Crippen LogP contribution < -0.4 is 5.32 Å². The van der Waals surface area contributed by atoms with Crippen LogP contribution in [0.4, 0.5) is 0 Å². The number of carbonyl (C=O) groups excluding carboxylic acids is 2. The molecule has 3 N–H and O–H groups in total. The lowest BCUT2D eigenvalue weighted by molar-refractivity contribution is -0.143. The smallest absolute Gasteiger partial charge is 0.305 e. The van der Waals surface area contributed by atoms with Crippen molar-refractivity contribution in [3.63, 3.8) is 0 Å². The predicted molar refractivity (Wildman–Crippen MR) is 301 cm³/mol. The number of nitrogens with one attached hydrogen (secondary N) is 1. The van der Waals surface area contributed by atoms with E-state index in [0.717, 1.165) is 51.4 Å². The van der Waals surface area contributed by atoms with Crippen LogP contribution in [0.1, 0.15) is 341 Å². The summed E-state index contributed by atoms with van der Waals surface area (Å²) in [6.07, 6.45) is 71.9. The molecule has 0 aromatic rings. The van der Waals surface area contributed by atoms with Gasteiger partial charge in [0.2, 0.25) is 5.91 Å². The van der Waals surface area contributed by atoms with Crippen LogP contribution in [0.25, 0.3) is 0 Å². The number of esters is 1. The highest BCUT2D eigenvalue weighted by atomic mass is 16.5. The fraction of sp³-hybridized carbons (Fsp3) is 0.905. The molecule has 0 aliphatic heterocycles. The summed E-state index contributed by atoms with van der Waals surface area (Å²) in [7, 11) is 0. The summed E-state index contributed by atoms with van der Waals surface area (Å²) in [5, 5.41) is 23.2. The van der Waals surface area contributed by atoms with Gasteiger partial charge < -0.3 is 20.3 Å². The Labute approximate surface area is 431 Å². The summed E-state index contributed by atoms with van der Waals surface area (Å²) in [5.41, 5.74) is 0. The third kappa shape index (κ3) is 55.5. The zero-order chi connectivity index (χ0) is 50.0. The second kappa shape index (κ2) is 58.9. The molecule has 0 bridgehead atoms. The first-order chi connectivity index (χ1) is 34.0. The Balaban J connectivity index is 3.34. The number of hydrogen-bond acceptors (Lipinski definition) is 5. The van der Waals surface area contributed by atoms with Gasteiger partial charge >= 0.3 is 5.97 Å². The standard InChI is InChI=1S/C63H121NO5/c1-3-5-7-9-11-13-15-16-17-26-30-33-37-41-45-49-53-57-63(68)69-58-54-50-46-42-38-34-31-28-25-23-21-19-18-20-22-24-27-29-32-36-40-44-48-52-56-62(67)64-60(59-65)61(66)55-51-47-43-39-35-14-12-10-8-6-4-2/h11,13,16-17,60-61,65-66H,3-10,12,14-15,18-59H2,1-2H3,(H,64,67)/b13-11-,17-16-. The Morgan fingerprint density at radius 3 is 1.13 bits per heavy atom. The van der Waals surface area contributed by atoms with Gasteiger partial charge in [-0.15, -0.1) is 0 Å². The van der Waals surface area contributed by atoms with Crippen LogP contribution in [0.15, 0.2) is 24.3 Å². The minimum absolute atomic E-state index is 0.00795. The van der Waals surface area contributed by atoms with Crippen molar-refractivity contribution >= 4 is 11.9 Å². The highest BCUT2D eigenvalue weighted by Crippen LogP contribution is 2.18. The average Bonchev–Trinajstić information content (AvgIpc) is 3.35. The second-order valence-corrected chi connectivity index (χ2v) is 21.4. The van der Waals surface area contributed by atoms with Gasteiger partial charge in [0, 0.05) is 12.8 Å². The topological polar surface area (TPSA) is 95.9 Å². The van der Waals surface area contributed by atoms with Gasteiger partial charge in [0.15, 0.2) is 0 Å². The number of unbranched alkanes of at least 4 members (excludes halogenated alkanes) is 43. The predicted octanol–water partition coefficient (Wildman–Crippen LogP) is 19.4. The summed E-state index contributed by atoms with van der Waals surface area (Å²) < 4.78 is 5.49. The number of aliphatic hydroxyl groups excluding tert-OH is 2. The van der Waals surface area contributed by atoms with E-state index in [1.165, 1.54) is 257 Å². The van der Waals surface area contributed by atoms with E-state index in [1.54, 1.807) is 0 Å². The molecule has 0 rings (SSSR count). The molecule has 0 saturated heterocycles. The minimum Gasteiger partial charge on any atom is -0.466 e. The third-order valence-electron chi connectivity index (χ3n) is 14.5. The largest absolute Gasteiger partial charge is 0.466 e. The van der Waals surface area contributed by atoms with Gasteiger partial charge in [0.05, 0.1) is 25.4 Å². The van der Waals surface area contributed by atoms with Gasteiger partial charge in [-0.1, -0.05) is 295 Å². The number of ether oxygens (including phenoxy) is 1. The highest BCUT2D eigenvalue weighted by Gasteiger charge is 2.20. The van der Waals surface area contributed by atoms with Gasteiger partial charge in [-0.3, -0.25) is 9.59 Å². The third-order valence-corrected chi connectivity index (χ3v) is 14.5. The summed E-state index contributed by atoms with van der Waals surface area (Å²) in [6.45, 7) is 4.93. The Bertz CT molecular complexity index is 1080. The maximum atomic E-state index is 12.4. The van der Waals surface area contributed by atoms with Gasteiger partial charge in [-0.25, -0.2) is 0 Å². The molecule has 0 aliphatic carbocycles. The molecule has 0 heterocycles. The van der Waals surface area contributed by atoms with Gasteiger partial charge in [0.25, 0.3) is 0 Å². The Hall–Kier alpha value is -1.66. The lowest BCUT2D eigenvalue weighted by atomic mass is 10.0. The molecule has 6 nitrogen and oxygen atoms in total. The molecule has 0 spiro atoms. The second-order valence-electron chi connectivity index (χ2n) is 21.4. The maximum absolute atomic E-state index is 12.4. The van der Waals surface area contributed by atoms with Crippen molar-refractivity contribution in [1.29, 1.82) is 0 Å². The molecule has 2 atom stereocenters. The molecule has 0 aliphatic rings. The average molecular weight is 973 g/mol. The molecule has 0 aromatic heterocycles. The Morgan fingerprint density at radius 1 is 0.406 bits per heavy atom. The number of hydrogen-bond donors (Lipinski definition) is 3. The lowest BCUT2D eigenvalue weighted by Gasteiger charge is -2.22. The number of allylic oxidation sites excluding steroid dienone is 4. The van der Waals surface area contributed by atoms with E-state index < -0.39 is 12.1 Å². The van der Waals surface area contributed by atoms with Crippen molar-refractivity contribution in [3.05, 3.63) is 24.3 Å². The molecule has 69 heavy (non-hydrogen) atoms. The number of aliphatic hydroxyl groups is 2. The van der Waals surface area contributed by atoms with Crippen molar-refractivity contribution in [2.75, 3.05) is 13.2 Å². The van der Waals surface area contributed by atoms with Crippen LogP contribution in [0, 0.1) is 0 Å². The van der Waals surface area contributed by atoms with Crippen LogP contribution >= 0.6 is 0 Å². The van der Waals surface area contributed by atoms with E-state index in [4.69, 9.17) is 4.74 Å². The monoisotopic (exact) mass is 972 g/mol. The van der Waals surface area contributed by atoms with E-state index in [0.29, 0.717) is 25.9 Å². The molecule has 0 saturated carbocycles. The van der Waals surface area contributed by atoms with Crippen LogP contribution in [0.2, 0.25) is 0 Å². The summed E-state index contributed by atoms with van der Waals surface area (Å²) in [6, 6.07) is -0.539. The SMILES string of the molecule is CCCCC/C=C\C/C=C\CCCCCCCCCC(=O)OCCCCCCCCCCCCCCCCCCCCCCCCCCC(=O)NC(CO)C(O)CCCCCCCCCCCCC. The molecule has 2 unspecified atom stereocenters. The van der Waals surface area contributed by atoms with Crippen molar-refractivity contribution in [2.45, 2.75) is 353 Å². The first-order valence-electron chi connectivity index (χ1n) is 31.1. The van der Waals surface area contributed by atoms with Crippen LogP contribution in [-0.4, -0.2) is 47.4 Å². The molecular formula is C63H121NO5. The molecule has 6 heteroatoms. The van der Waals surface area contributed by atoms with E-state index in [1.807, 2.05) is 0 Å². The van der Waals surface area contributed by atoms with Crippen LogP contribution in [0.3, 0.4) is 0 Å². The van der Waals surface area contributed by atoms with Crippen molar-refractivity contribution in [2.24, 2.45) is 0 Å². The fourth-order valence-electron chi connectivity index (χ4n) is 9.73. The molecule has 0 fully saturated rings. The van der Waals surface area contributed by atoms with E-state index in [2.05, 4.69) is 43.5 Å². The Morgan fingerprint density at radius 2 is 0.725 bits per heavy atom. The van der Waals surface area contributed by atoms with E-state index in [9.17, 15) is 19.8 Å².